The van der Waals surface area contributed by atoms with Crippen LogP contribution in [-0.2, 0) is 9.53 Å². The summed E-state index contributed by atoms with van der Waals surface area (Å²) >= 11 is 0. The van der Waals surface area contributed by atoms with Crippen molar-refractivity contribution in [3.05, 3.63) is 0 Å². The summed E-state index contributed by atoms with van der Waals surface area (Å²) in [5.74, 6) is 0.247. The van der Waals surface area contributed by atoms with Gasteiger partial charge >= 0.3 is 0 Å². The van der Waals surface area contributed by atoms with Crippen molar-refractivity contribution < 1.29 is 9.53 Å². The Morgan fingerprint density at radius 2 is 2.50 bits per heavy atom. The second-order valence-electron chi connectivity index (χ2n) is 2.98. The minimum atomic E-state index is 0.122. The molecule has 0 radical (unpaired) electrons. The quantitative estimate of drug-likeness (QED) is 0.456. The lowest BCUT2D eigenvalue weighted by molar-refractivity contribution is -0.198. The molecule has 2 rings (SSSR count). The fourth-order valence-electron chi connectivity index (χ4n) is 1.47. The highest BCUT2D eigenvalue weighted by molar-refractivity contribution is 5.82. The van der Waals surface area contributed by atoms with Crippen molar-refractivity contribution in [2.75, 3.05) is 6.54 Å². The molecule has 56 valence electrons. The third-order valence-electron chi connectivity index (χ3n) is 2.18. The Bertz CT molecular complexity index is 169. The third kappa shape index (κ3) is 0.736. The van der Waals surface area contributed by atoms with Crippen molar-refractivity contribution in [3.8, 4) is 0 Å². The predicted molar refractivity (Wildman–Crippen MR) is 35.3 cm³/mol. The van der Waals surface area contributed by atoms with E-state index in [1.54, 1.807) is 4.90 Å². The molecule has 2 fully saturated rings. The number of nitrogens with zero attached hydrogens (tertiary/aromatic N) is 1. The zero-order valence-electron chi connectivity index (χ0n) is 6.04. The number of fused-ring (bicyclic) bond motifs is 1. The smallest absolute Gasteiger partial charge is 0.229 e. The fraction of sp³-hybridized carbons (Fsp3) is 0.857. The molecule has 0 bridgehead atoms. The van der Waals surface area contributed by atoms with Crippen LogP contribution in [0.25, 0.3) is 0 Å². The molecule has 0 aromatic rings. The Hall–Kier alpha value is -0.570. The van der Waals surface area contributed by atoms with Crippen LogP contribution in [0.15, 0.2) is 0 Å². The molecule has 2 aliphatic heterocycles. The Morgan fingerprint density at radius 3 is 3.10 bits per heavy atom. The maximum absolute atomic E-state index is 10.8. The van der Waals surface area contributed by atoms with Crippen molar-refractivity contribution in [1.82, 2.24) is 4.90 Å². The normalized spacial score (nSPS) is 38.9. The SMILES string of the molecule is C[C@@H]1CCN2C(=O)C[C@H]2O1. The molecule has 10 heavy (non-hydrogen) atoms. The molecule has 0 unspecified atom stereocenters. The molecular formula is C7H11NO2. The van der Waals surface area contributed by atoms with Crippen LogP contribution in [0, 0.1) is 0 Å². The highest BCUT2D eigenvalue weighted by Gasteiger charge is 2.40. The zero-order valence-corrected chi connectivity index (χ0v) is 6.04. The van der Waals surface area contributed by atoms with Crippen LogP contribution in [0.5, 0.6) is 0 Å². The molecule has 2 atom stereocenters. The number of amides is 1. The van der Waals surface area contributed by atoms with Gasteiger partial charge in [-0.2, -0.15) is 0 Å². The summed E-state index contributed by atoms with van der Waals surface area (Å²) in [5.41, 5.74) is 0. The van der Waals surface area contributed by atoms with E-state index in [9.17, 15) is 4.79 Å². The first kappa shape index (κ1) is 6.16. The summed E-state index contributed by atoms with van der Waals surface area (Å²) in [6.07, 6.45) is 2.05. The van der Waals surface area contributed by atoms with Gasteiger partial charge in [-0.25, -0.2) is 0 Å². The fourth-order valence-corrected chi connectivity index (χ4v) is 1.47. The molecule has 1 amide bonds. The average molecular weight is 141 g/mol. The lowest BCUT2D eigenvalue weighted by atomic mass is 10.1. The number of hydrogen-bond acceptors (Lipinski definition) is 2. The molecule has 2 aliphatic rings. The Morgan fingerprint density at radius 1 is 1.70 bits per heavy atom. The minimum Gasteiger partial charge on any atom is -0.355 e. The second kappa shape index (κ2) is 1.95. The van der Waals surface area contributed by atoms with Gasteiger partial charge in [0.1, 0.15) is 6.23 Å². The van der Waals surface area contributed by atoms with Gasteiger partial charge in [-0.05, 0) is 13.3 Å². The van der Waals surface area contributed by atoms with Gasteiger partial charge < -0.3 is 9.64 Å². The van der Waals surface area contributed by atoms with Crippen LogP contribution < -0.4 is 0 Å². The van der Waals surface area contributed by atoms with Crippen molar-refractivity contribution in [2.45, 2.75) is 32.1 Å². The van der Waals surface area contributed by atoms with Crippen LogP contribution in [0.4, 0.5) is 0 Å². The van der Waals surface area contributed by atoms with E-state index in [1.165, 1.54) is 0 Å². The lowest BCUT2D eigenvalue weighted by Gasteiger charge is -2.45. The predicted octanol–water partition coefficient (Wildman–Crippen LogP) is 0.354. The number of ether oxygens (including phenoxy) is 1. The van der Waals surface area contributed by atoms with E-state index < -0.39 is 0 Å². The van der Waals surface area contributed by atoms with E-state index in [1.807, 2.05) is 0 Å². The lowest BCUT2D eigenvalue weighted by Crippen LogP contribution is -2.58. The number of carbonyl (C=O) groups excluding carboxylic acids is 1. The Labute approximate surface area is 60.0 Å². The summed E-state index contributed by atoms with van der Waals surface area (Å²) in [6.45, 7) is 2.95. The molecule has 0 aromatic heterocycles. The first-order chi connectivity index (χ1) is 4.77. The summed E-state index contributed by atoms with van der Waals surface area (Å²) in [7, 11) is 0. The van der Waals surface area contributed by atoms with E-state index in [4.69, 9.17) is 4.74 Å². The first-order valence-corrected chi connectivity index (χ1v) is 3.72. The number of β-lactam (4-membered cyclic amide) rings is 1. The van der Waals surface area contributed by atoms with Crippen LogP contribution in [-0.4, -0.2) is 29.7 Å². The van der Waals surface area contributed by atoms with Crippen LogP contribution in [0.2, 0.25) is 0 Å². The van der Waals surface area contributed by atoms with Gasteiger partial charge in [0.15, 0.2) is 0 Å². The number of hydrogen-bond donors (Lipinski definition) is 0. The summed E-state index contributed by atoms with van der Waals surface area (Å²) in [6, 6.07) is 0. The largest absolute Gasteiger partial charge is 0.355 e. The molecule has 0 aromatic carbocycles. The van der Waals surface area contributed by atoms with Crippen molar-refractivity contribution in [3.63, 3.8) is 0 Å². The molecule has 0 saturated carbocycles. The van der Waals surface area contributed by atoms with E-state index in [2.05, 4.69) is 6.92 Å². The molecule has 3 heteroatoms. The van der Waals surface area contributed by atoms with Gasteiger partial charge in [0.25, 0.3) is 0 Å². The average Bonchev–Trinajstić information content (AvgIpc) is 1.86. The summed E-state index contributed by atoms with van der Waals surface area (Å²) in [5, 5.41) is 0. The van der Waals surface area contributed by atoms with Gasteiger partial charge in [0.05, 0.1) is 12.5 Å². The summed E-state index contributed by atoms with van der Waals surface area (Å²) in [4.78, 5) is 12.6. The standard InChI is InChI=1S/C7H11NO2/c1-5-2-3-8-6(9)4-7(8)10-5/h5,7H,2-4H2,1H3/t5-,7-/m1/s1. The molecule has 0 spiro atoms. The van der Waals surface area contributed by atoms with Crippen molar-refractivity contribution >= 4 is 5.91 Å². The Balaban J connectivity index is 1.99. The second-order valence-corrected chi connectivity index (χ2v) is 2.98. The van der Waals surface area contributed by atoms with Crippen molar-refractivity contribution in [1.29, 1.82) is 0 Å². The van der Waals surface area contributed by atoms with E-state index in [-0.39, 0.29) is 12.1 Å². The van der Waals surface area contributed by atoms with Crippen LogP contribution >= 0.6 is 0 Å². The molecular weight excluding hydrogens is 130 g/mol. The van der Waals surface area contributed by atoms with Gasteiger partial charge in [-0.1, -0.05) is 0 Å². The van der Waals surface area contributed by atoms with E-state index >= 15 is 0 Å². The van der Waals surface area contributed by atoms with Crippen LogP contribution in [0.3, 0.4) is 0 Å². The molecule has 2 heterocycles. The molecule has 3 nitrogen and oxygen atoms in total. The topological polar surface area (TPSA) is 29.5 Å². The third-order valence-corrected chi connectivity index (χ3v) is 2.18. The monoisotopic (exact) mass is 141 g/mol. The summed E-state index contributed by atoms with van der Waals surface area (Å²) < 4.78 is 5.46. The maximum atomic E-state index is 10.8. The first-order valence-electron chi connectivity index (χ1n) is 3.72. The highest BCUT2D eigenvalue weighted by Crippen LogP contribution is 2.26. The Kier molecular flexibility index (Phi) is 1.20. The molecule has 2 saturated heterocycles. The van der Waals surface area contributed by atoms with Gasteiger partial charge in [-0.15, -0.1) is 0 Å². The van der Waals surface area contributed by atoms with Crippen molar-refractivity contribution in [2.24, 2.45) is 0 Å². The number of rotatable bonds is 0. The van der Waals surface area contributed by atoms with Gasteiger partial charge in [0.2, 0.25) is 5.91 Å². The number of carbonyl (C=O) groups is 1. The minimum absolute atomic E-state index is 0.122. The molecule has 0 aliphatic carbocycles. The molecule has 0 N–H and O–H groups in total. The van der Waals surface area contributed by atoms with Gasteiger partial charge in [0, 0.05) is 6.54 Å². The zero-order chi connectivity index (χ0) is 7.14. The van der Waals surface area contributed by atoms with E-state index in [0.717, 1.165) is 13.0 Å². The van der Waals surface area contributed by atoms with Gasteiger partial charge in [-0.3, -0.25) is 4.79 Å². The van der Waals surface area contributed by atoms with E-state index in [0.29, 0.717) is 12.5 Å². The maximum Gasteiger partial charge on any atom is 0.229 e. The van der Waals surface area contributed by atoms with Crippen LogP contribution in [0.1, 0.15) is 19.8 Å². The highest BCUT2D eigenvalue weighted by atomic mass is 16.5.